The Morgan fingerprint density at radius 2 is 2.18 bits per heavy atom. The lowest BCUT2D eigenvalue weighted by Crippen LogP contribution is -2.52. The standard InChI is InChI=1S/C12H24N2O2S/c1-9(8-12(2,14-3)11(13)15)17-10-4-6-16-7-5-10/h9-10,14H,4-8H2,1-3H3,(H2,13,15). The second-order valence-corrected chi connectivity index (χ2v) is 6.65. The van der Waals surface area contributed by atoms with Crippen LogP contribution in [-0.4, -0.2) is 42.2 Å². The molecule has 5 heteroatoms. The van der Waals surface area contributed by atoms with Gasteiger partial charge in [-0.05, 0) is 33.2 Å². The second kappa shape index (κ2) is 6.61. The van der Waals surface area contributed by atoms with Gasteiger partial charge in [-0.15, -0.1) is 0 Å². The van der Waals surface area contributed by atoms with Crippen molar-refractivity contribution in [3.8, 4) is 0 Å². The van der Waals surface area contributed by atoms with Gasteiger partial charge in [-0.25, -0.2) is 0 Å². The van der Waals surface area contributed by atoms with Crippen molar-refractivity contribution in [2.45, 2.75) is 49.1 Å². The van der Waals surface area contributed by atoms with E-state index < -0.39 is 5.54 Å². The summed E-state index contributed by atoms with van der Waals surface area (Å²) in [5.41, 5.74) is 4.83. The summed E-state index contributed by atoms with van der Waals surface area (Å²) in [6.45, 7) is 5.77. The van der Waals surface area contributed by atoms with E-state index in [-0.39, 0.29) is 5.91 Å². The Morgan fingerprint density at radius 3 is 2.65 bits per heavy atom. The van der Waals surface area contributed by atoms with Crippen LogP contribution in [0.15, 0.2) is 0 Å². The quantitative estimate of drug-likeness (QED) is 0.752. The molecule has 0 spiro atoms. The molecule has 0 radical (unpaired) electrons. The molecule has 0 aliphatic carbocycles. The zero-order chi connectivity index (χ0) is 12.9. The van der Waals surface area contributed by atoms with E-state index in [0.717, 1.165) is 32.5 Å². The molecule has 1 saturated heterocycles. The van der Waals surface area contributed by atoms with E-state index in [4.69, 9.17) is 10.5 Å². The molecule has 1 heterocycles. The molecule has 4 nitrogen and oxygen atoms in total. The number of rotatable bonds is 6. The first-order valence-electron chi connectivity index (χ1n) is 6.20. The average Bonchev–Trinajstić information content (AvgIpc) is 2.29. The summed E-state index contributed by atoms with van der Waals surface area (Å²) in [6.07, 6.45) is 2.99. The van der Waals surface area contributed by atoms with Gasteiger partial charge in [0.2, 0.25) is 5.91 Å². The fourth-order valence-electron chi connectivity index (χ4n) is 2.09. The molecule has 1 fully saturated rings. The monoisotopic (exact) mass is 260 g/mol. The largest absolute Gasteiger partial charge is 0.381 e. The number of hydrogen-bond acceptors (Lipinski definition) is 4. The number of thioether (sulfide) groups is 1. The van der Waals surface area contributed by atoms with Gasteiger partial charge >= 0.3 is 0 Å². The lowest BCUT2D eigenvalue weighted by atomic mass is 9.95. The number of nitrogens with two attached hydrogens (primary N) is 1. The molecule has 1 aliphatic rings. The molecule has 0 aromatic heterocycles. The minimum atomic E-state index is -0.600. The Hall–Kier alpha value is -0.260. The summed E-state index contributed by atoms with van der Waals surface area (Å²) in [5, 5.41) is 4.11. The number of amides is 1. The number of primary amides is 1. The lowest BCUT2D eigenvalue weighted by Gasteiger charge is -2.31. The van der Waals surface area contributed by atoms with Crippen LogP contribution in [0.1, 0.15) is 33.1 Å². The molecule has 1 aliphatic heterocycles. The van der Waals surface area contributed by atoms with E-state index in [9.17, 15) is 4.79 Å². The van der Waals surface area contributed by atoms with Crippen LogP contribution >= 0.6 is 11.8 Å². The predicted molar refractivity (Wildman–Crippen MR) is 72.2 cm³/mol. The summed E-state index contributed by atoms with van der Waals surface area (Å²) < 4.78 is 5.34. The molecule has 0 aromatic rings. The number of hydrogen-bond donors (Lipinski definition) is 2. The van der Waals surface area contributed by atoms with Crippen LogP contribution in [0.5, 0.6) is 0 Å². The fourth-order valence-corrected chi connectivity index (χ4v) is 3.64. The van der Waals surface area contributed by atoms with Crippen molar-refractivity contribution in [2.75, 3.05) is 20.3 Å². The lowest BCUT2D eigenvalue weighted by molar-refractivity contribution is -0.123. The van der Waals surface area contributed by atoms with Crippen molar-refractivity contribution in [2.24, 2.45) is 5.73 Å². The zero-order valence-electron chi connectivity index (χ0n) is 11.0. The second-order valence-electron chi connectivity index (χ2n) is 4.91. The Morgan fingerprint density at radius 1 is 1.59 bits per heavy atom. The molecule has 17 heavy (non-hydrogen) atoms. The van der Waals surface area contributed by atoms with Gasteiger partial charge in [0.1, 0.15) is 0 Å². The van der Waals surface area contributed by atoms with E-state index >= 15 is 0 Å². The number of ether oxygens (including phenoxy) is 1. The van der Waals surface area contributed by atoms with Gasteiger partial charge in [0.05, 0.1) is 5.54 Å². The molecule has 2 atom stereocenters. The van der Waals surface area contributed by atoms with Gasteiger partial charge in [-0.1, -0.05) is 6.92 Å². The fraction of sp³-hybridized carbons (Fsp3) is 0.917. The number of likely N-dealkylation sites (N-methyl/N-ethyl adjacent to an activating group) is 1. The molecule has 3 N–H and O–H groups in total. The highest BCUT2D eigenvalue weighted by molar-refractivity contribution is 8.00. The third-order valence-electron chi connectivity index (χ3n) is 3.38. The predicted octanol–water partition coefficient (Wildman–Crippen LogP) is 1.14. The molecular formula is C12H24N2O2S. The summed E-state index contributed by atoms with van der Waals surface area (Å²) in [7, 11) is 1.79. The first-order valence-corrected chi connectivity index (χ1v) is 7.14. The molecule has 0 saturated carbocycles. The molecule has 1 rings (SSSR count). The van der Waals surface area contributed by atoms with Gasteiger partial charge in [0, 0.05) is 23.7 Å². The van der Waals surface area contributed by atoms with Gasteiger partial charge in [0.25, 0.3) is 0 Å². The van der Waals surface area contributed by atoms with Crippen LogP contribution in [0.25, 0.3) is 0 Å². The van der Waals surface area contributed by atoms with Crippen LogP contribution < -0.4 is 11.1 Å². The highest BCUT2D eigenvalue weighted by Crippen LogP contribution is 2.30. The maximum atomic E-state index is 11.4. The van der Waals surface area contributed by atoms with Crippen molar-refractivity contribution in [3.05, 3.63) is 0 Å². The number of nitrogens with one attached hydrogen (secondary N) is 1. The maximum Gasteiger partial charge on any atom is 0.237 e. The molecule has 1 amide bonds. The van der Waals surface area contributed by atoms with E-state index in [0.29, 0.717) is 10.5 Å². The van der Waals surface area contributed by atoms with Gasteiger partial charge < -0.3 is 15.8 Å². The zero-order valence-corrected chi connectivity index (χ0v) is 11.8. The van der Waals surface area contributed by atoms with Crippen LogP contribution in [-0.2, 0) is 9.53 Å². The topological polar surface area (TPSA) is 64.3 Å². The first-order chi connectivity index (χ1) is 7.98. The van der Waals surface area contributed by atoms with Crippen LogP contribution in [0, 0.1) is 0 Å². The van der Waals surface area contributed by atoms with Crippen molar-refractivity contribution >= 4 is 17.7 Å². The minimum Gasteiger partial charge on any atom is -0.381 e. The Balaban J connectivity index is 2.41. The summed E-state index contributed by atoms with van der Waals surface area (Å²) in [6, 6.07) is 0. The summed E-state index contributed by atoms with van der Waals surface area (Å²) >= 11 is 1.95. The smallest absolute Gasteiger partial charge is 0.237 e. The highest BCUT2D eigenvalue weighted by Gasteiger charge is 2.32. The Bertz CT molecular complexity index is 257. The number of carbonyl (C=O) groups excluding carboxylic acids is 1. The third-order valence-corrected chi connectivity index (χ3v) is 4.87. The van der Waals surface area contributed by atoms with Crippen molar-refractivity contribution in [3.63, 3.8) is 0 Å². The van der Waals surface area contributed by atoms with Crippen LogP contribution in [0.2, 0.25) is 0 Å². The van der Waals surface area contributed by atoms with Crippen LogP contribution in [0.3, 0.4) is 0 Å². The molecular weight excluding hydrogens is 236 g/mol. The van der Waals surface area contributed by atoms with Crippen molar-refractivity contribution in [1.82, 2.24) is 5.32 Å². The van der Waals surface area contributed by atoms with Gasteiger partial charge in [-0.3, -0.25) is 4.79 Å². The maximum absolute atomic E-state index is 11.4. The Kier molecular flexibility index (Phi) is 5.76. The minimum absolute atomic E-state index is 0.278. The summed E-state index contributed by atoms with van der Waals surface area (Å²) in [5.74, 6) is -0.278. The average molecular weight is 260 g/mol. The van der Waals surface area contributed by atoms with E-state index in [1.54, 1.807) is 7.05 Å². The third kappa shape index (κ3) is 4.48. The van der Waals surface area contributed by atoms with Crippen molar-refractivity contribution in [1.29, 1.82) is 0 Å². The van der Waals surface area contributed by atoms with E-state index in [2.05, 4.69) is 12.2 Å². The van der Waals surface area contributed by atoms with E-state index in [1.165, 1.54) is 0 Å². The van der Waals surface area contributed by atoms with Gasteiger partial charge in [-0.2, -0.15) is 11.8 Å². The van der Waals surface area contributed by atoms with E-state index in [1.807, 2.05) is 18.7 Å². The molecule has 0 bridgehead atoms. The van der Waals surface area contributed by atoms with Crippen molar-refractivity contribution < 1.29 is 9.53 Å². The molecule has 0 aromatic carbocycles. The normalized spacial score (nSPS) is 23.0. The van der Waals surface area contributed by atoms with Crippen LogP contribution in [0.4, 0.5) is 0 Å². The molecule has 100 valence electrons. The highest BCUT2D eigenvalue weighted by atomic mass is 32.2. The SMILES string of the molecule is CNC(C)(CC(C)SC1CCOCC1)C(N)=O. The molecule has 2 unspecified atom stereocenters. The number of carbonyl (C=O) groups is 1. The summed E-state index contributed by atoms with van der Waals surface area (Å²) in [4.78, 5) is 11.4. The Labute approximate surface area is 108 Å². The van der Waals surface area contributed by atoms with Gasteiger partial charge in [0.15, 0.2) is 0 Å². The first kappa shape index (κ1) is 14.8.